The van der Waals surface area contributed by atoms with E-state index in [1.165, 1.54) is 7.11 Å². The normalized spacial score (nSPS) is 12.2. The fourth-order valence-electron chi connectivity index (χ4n) is 2.16. The topological polar surface area (TPSA) is 34.5 Å². The molecule has 2 aromatic rings. The number of carbonyl (C=O) groups is 1. The second kappa shape index (κ2) is 5.92. The molecule has 2 rings (SSSR count). The standard InChI is InChI=1S/C16H20N2O2/c1-12(9-10-17(2)3)18-11-14(16(19)20-4)13-7-5-6-8-15(13)18/h5-9,11H,10H2,1-4H3/b12-9+. The molecular weight excluding hydrogens is 252 g/mol. The molecule has 1 aromatic carbocycles. The van der Waals surface area contributed by atoms with Crippen molar-refractivity contribution in [1.29, 1.82) is 0 Å². The number of allylic oxidation sites excluding steroid dienone is 1. The number of para-hydroxylation sites is 1. The maximum Gasteiger partial charge on any atom is 0.340 e. The van der Waals surface area contributed by atoms with Crippen molar-refractivity contribution < 1.29 is 9.53 Å². The third-order valence-electron chi connectivity index (χ3n) is 3.25. The van der Waals surface area contributed by atoms with Crippen molar-refractivity contribution in [1.82, 2.24) is 9.47 Å². The molecule has 20 heavy (non-hydrogen) atoms. The van der Waals surface area contributed by atoms with Crippen LogP contribution in [-0.2, 0) is 4.74 Å². The van der Waals surface area contributed by atoms with Crippen molar-refractivity contribution in [2.75, 3.05) is 27.7 Å². The van der Waals surface area contributed by atoms with E-state index in [1.807, 2.05) is 56.0 Å². The smallest absolute Gasteiger partial charge is 0.340 e. The van der Waals surface area contributed by atoms with E-state index in [9.17, 15) is 4.79 Å². The minimum absolute atomic E-state index is 0.305. The van der Waals surface area contributed by atoms with Gasteiger partial charge < -0.3 is 14.2 Å². The summed E-state index contributed by atoms with van der Waals surface area (Å²) in [5.41, 5.74) is 2.70. The summed E-state index contributed by atoms with van der Waals surface area (Å²) in [6, 6.07) is 7.85. The number of likely N-dealkylation sites (N-methyl/N-ethyl adjacent to an activating group) is 1. The quantitative estimate of drug-likeness (QED) is 0.803. The van der Waals surface area contributed by atoms with Crippen LogP contribution in [-0.4, -0.2) is 43.2 Å². The number of methoxy groups -OCH3 is 1. The molecule has 0 unspecified atom stereocenters. The van der Waals surface area contributed by atoms with Gasteiger partial charge in [0.2, 0.25) is 0 Å². The lowest BCUT2D eigenvalue weighted by Crippen LogP contribution is -2.11. The van der Waals surface area contributed by atoms with Crippen LogP contribution in [0.4, 0.5) is 0 Å². The van der Waals surface area contributed by atoms with Gasteiger partial charge in [-0.1, -0.05) is 24.3 Å². The molecule has 4 heteroatoms. The summed E-state index contributed by atoms with van der Waals surface area (Å²) in [7, 11) is 5.46. The molecule has 1 aromatic heterocycles. The number of esters is 1. The van der Waals surface area contributed by atoms with Crippen LogP contribution < -0.4 is 0 Å². The number of aromatic nitrogens is 1. The second-order valence-electron chi connectivity index (χ2n) is 5.03. The number of hydrogen-bond donors (Lipinski definition) is 0. The van der Waals surface area contributed by atoms with Crippen molar-refractivity contribution in [2.45, 2.75) is 6.92 Å². The van der Waals surface area contributed by atoms with Crippen LogP contribution in [0.25, 0.3) is 16.6 Å². The highest BCUT2D eigenvalue weighted by Gasteiger charge is 2.15. The van der Waals surface area contributed by atoms with E-state index >= 15 is 0 Å². The van der Waals surface area contributed by atoms with E-state index in [0.29, 0.717) is 5.56 Å². The molecule has 1 heterocycles. The first-order valence-corrected chi connectivity index (χ1v) is 6.55. The van der Waals surface area contributed by atoms with Gasteiger partial charge in [-0.25, -0.2) is 4.79 Å². The predicted octanol–water partition coefficient (Wildman–Crippen LogP) is 2.85. The number of hydrogen-bond acceptors (Lipinski definition) is 3. The van der Waals surface area contributed by atoms with Crippen LogP contribution >= 0.6 is 0 Å². The Labute approximate surface area is 119 Å². The molecule has 0 radical (unpaired) electrons. The van der Waals surface area contributed by atoms with Gasteiger partial charge in [0.1, 0.15) is 0 Å². The first-order chi connectivity index (χ1) is 9.54. The number of ether oxygens (including phenoxy) is 1. The number of fused-ring (bicyclic) bond motifs is 1. The summed E-state index contributed by atoms with van der Waals surface area (Å²) in [6.45, 7) is 2.89. The molecule has 0 bridgehead atoms. The molecule has 0 fully saturated rings. The first-order valence-electron chi connectivity index (χ1n) is 6.55. The van der Waals surface area contributed by atoms with Crippen LogP contribution in [0.3, 0.4) is 0 Å². The highest BCUT2D eigenvalue weighted by molar-refractivity contribution is 6.05. The summed E-state index contributed by atoms with van der Waals surface area (Å²) < 4.78 is 6.89. The number of rotatable bonds is 4. The van der Waals surface area contributed by atoms with Gasteiger partial charge in [-0.05, 0) is 27.1 Å². The van der Waals surface area contributed by atoms with Gasteiger partial charge in [-0.3, -0.25) is 0 Å². The van der Waals surface area contributed by atoms with Crippen molar-refractivity contribution in [3.63, 3.8) is 0 Å². The summed E-state index contributed by atoms with van der Waals surface area (Å²) in [6.07, 6.45) is 3.98. The maximum atomic E-state index is 11.9. The van der Waals surface area contributed by atoms with E-state index in [0.717, 1.165) is 23.1 Å². The van der Waals surface area contributed by atoms with E-state index in [-0.39, 0.29) is 5.97 Å². The first kappa shape index (κ1) is 14.3. The monoisotopic (exact) mass is 272 g/mol. The zero-order valence-electron chi connectivity index (χ0n) is 12.4. The van der Waals surface area contributed by atoms with Crippen LogP contribution in [0.2, 0.25) is 0 Å². The van der Waals surface area contributed by atoms with E-state index in [1.54, 1.807) is 0 Å². The molecule has 0 aliphatic rings. The fourth-order valence-corrected chi connectivity index (χ4v) is 2.16. The van der Waals surface area contributed by atoms with Crippen LogP contribution in [0, 0.1) is 0 Å². The van der Waals surface area contributed by atoms with Gasteiger partial charge in [-0.2, -0.15) is 0 Å². The van der Waals surface area contributed by atoms with E-state index in [2.05, 4.69) is 11.0 Å². The van der Waals surface area contributed by atoms with Gasteiger partial charge in [0.25, 0.3) is 0 Å². The Morgan fingerprint density at radius 3 is 2.70 bits per heavy atom. The Kier molecular flexibility index (Phi) is 4.25. The molecule has 106 valence electrons. The third kappa shape index (κ3) is 2.75. The Hall–Kier alpha value is -2.07. The van der Waals surface area contributed by atoms with Crippen LogP contribution in [0.5, 0.6) is 0 Å². The predicted molar refractivity (Wildman–Crippen MR) is 81.8 cm³/mol. The largest absolute Gasteiger partial charge is 0.465 e. The van der Waals surface area contributed by atoms with Crippen LogP contribution in [0.15, 0.2) is 36.5 Å². The number of nitrogens with zero attached hydrogens (tertiary/aromatic N) is 2. The molecule has 0 amide bonds. The minimum atomic E-state index is -0.305. The molecule has 0 spiro atoms. The average Bonchev–Trinajstić information content (AvgIpc) is 2.83. The average molecular weight is 272 g/mol. The van der Waals surface area contributed by atoms with Gasteiger partial charge in [0.15, 0.2) is 0 Å². The SMILES string of the molecule is COC(=O)c1cn(/C(C)=C/CN(C)C)c2ccccc12. The lowest BCUT2D eigenvalue weighted by molar-refractivity contribution is 0.0603. The Balaban J connectivity index is 2.54. The molecule has 0 aliphatic heterocycles. The maximum absolute atomic E-state index is 11.9. The van der Waals surface area contributed by atoms with Crippen molar-refractivity contribution in [2.24, 2.45) is 0 Å². The van der Waals surface area contributed by atoms with E-state index < -0.39 is 0 Å². The third-order valence-corrected chi connectivity index (χ3v) is 3.25. The highest BCUT2D eigenvalue weighted by Crippen LogP contribution is 2.24. The molecule has 0 saturated carbocycles. The highest BCUT2D eigenvalue weighted by atomic mass is 16.5. The molecular formula is C16H20N2O2. The van der Waals surface area contributed by atoms with E-state index in [4.69, 9.17) is 4.74 Å². The van der Waals surface area contributed by atoms with Crippen LogP contribution in [0.1, 0.15) is 17.3 Å². The summed E-state index contributed by atoms with van der Waals surface area (Å²) in [5, 5.41) is 0.914. The Morgan fingerprint density at radius 2 is 2.05 bits per heavy atom. The molecule has 0 N–H and O–H groups in total. The number of benzene rings is 1. The molecule has 0 saturated heterocycles. The summed E-state index contributed by atoms with van der Waals surface area (Å²) in [4.78, 5) is 14.0. The van der Waals surface area contributed by atoms with Gasteiger partial charge in [-0.15, -0.1) is 0 Å². The van der Waals surface area contributed by atoms with Crippen molar-refractivity contribution >= 4 is 22.6 Å². The zero-order chi connectivity index (χ0) is 14.7. The van der Waals surface area contributed by atoms with Gasteiger partial charge in [0, 0.05) is 23.8 Å². The zero-order valence-corrected chi connectivity index (χ0v) is 12.4. The van der Waals surface area contributed by atoms with Gasteiger partial charge >= 0.3 is 5.97 Å². The fraction of sp³-hybridized carbons (Fsp3) is 0.312. The van der Waals surface area contributed by atoms with Gasteiger partial charge in [0.05, 0.1) is 18.2 Å². The Bertz CT molecular complexity index is 654. The summed E-state index contributed by atoms with van der Waals surface area (Å²) >= 11 is 0. The van der Waals surface area contributed by atoms with Crippen molar-refractivity contribution in [3.05, 3.63) is 42.1 Å². The molecule has 0 aliphatic carbocycles. The Morgan fingerprint density at radius 1 is 1.35 bits per heavy atom. The molecule has 4 nitrogen and oxygen atoms in total. The molecule has 0 atom stereocenters. The second-order valence-corrected chi connectivity index (χ2v) is 5.03. The lowest BCUT2D eigenvalue weighted by Gasteiger charge is -2.09. The number of carbonyl (C=O) groups excluding carboxylic acids is 1. The van der Waals surface area contributed by atoms with Crippen molar-refractivity contribution in [3.8, 4) is 0 Å². The lowest BCUT2D eigenvalue weighted by atomic mass is 10.2. The summed E-state index contributed by atoms with van der Waals surface area (Å²) in [5.74, 6) is -0.305. The minimum Gasteiger partial charge on any atom is -0.465 e.